The molecule has 2 aromatic heterocycles. The van der Waals surface area contributed by atoms with Gasteiger partial charge < -0.3 is 5.32 Å². The predicted molar refractivity (Wildman–Crippen MR) is 106 cm³/mol. The van der Waals surface area contributed by atoms with Crippen LogP contribution in [0.2, 0.25) is 0 Å². The number of para-hydroxylation sites is 1. The van der Waals surface area contributed by atoms with Gasteiger partial charge in [-0.3, -0.25) is 14.3 Å². The second kappa shape index (κ2) is 7.48. The van der Waals surface area contributed by atoms with Gasteiger partial charge >= 0.3 is 0 Å². The summed E-state index contributed by atoms with van der Waals surface area (Å²) in [5.74, 6) is -0.333. The topological polar surface area (TPSA) is 81.8 Å². The Balaban J connectivity index is 1.74. The van der Waals surface area contributed by atoms with Crippen LogP contribution in [0, 0.1) is 0 Å². The van der Waals surface area contributed by atoms with Gasteiger partial charge in [0.05, 0.1) is 17.6 Å². The number of nitrogens with zero attached hydrogens (tertiary/aromatic N) is 4. The minimum Gasteiger partial charge on any atom is -0.346 e. The summed E-state index contributed by atoms with van der Waals surface area (Å²) in [6.45, 7) is 2.43. The molecule has 1 amide bonds. The fraction of sp³-hybridized carbons (Fsp3) is 0.143. The number of hydrogen-bond acceptors (Lipinski definition) is 4. The average Bonchev–Trinajstić information content (AvgIpc) is 3.22. The second-order valence-electron chi connectivity index (χ2n) is 6.55. The standard InChI is InChI=1S/C21H19N5O2/c1-15(14-25-13-7-12-22-25)23-20(27)19-17-10-5-6-11-18(17)21(28)26(24-19)16-8-3-2-4-9-16/h2-13,15H,14H2,1H3,(H,23,27). The molecule has 2 heterocycles. The summed E-state index contributed by atoms with van der Waals surface area (Å²) in [6, 6.07) is 17.8. The number of nitrogens with one attached hydrogen (secondary N) is 1. The Labute approximate surface area is 161 Å². The number of benzene rings is 2. The summed E-state index contributed by atoms with van der Waals surface area (Å²) in [6.07, 6.45) is 3.53. The Bertz CT molecular complexity index is 1170. The number of rotatable bonds is 5. The molecule has 2 aromatic carbocycles. The van der Waals surface area contributed by atoms with Crippen molar-refractivity contribution in [3.05, 3.63) is 89.1 Å². The zero-order valence-corrected chi connectivity index (χ0v) is 15.3. The van der Waals surface area contributed by atoms with Crippen molar-refractivity contribution < 1.29 is 4.79 Å². The van der Waals surface area contributed by atoms with Gasteiger partial charge in [-0.15, -0.1) is 0 Å². The second-order valence-corrected chi connectivity index (χ2v) is 6.55. The summed E-state index contributed by atoms with van der Waals surface area (Å²) < 4.78 is 3.02. The van der Waals surface area contributed by atoms with Crippen molar-refractivity contribution in [2.24, 2.45) is 0 Å². The molecular formula is C21H19N5O2. The summed E-state index contributed by atoms with van der Waals surface area (Å²) in [7, 11) is 0. The molecule has 1 atom stereocenters. The normalized spacial score (nSPS) is 12.0. The zero-order valence-electron chi connectivity index (χ0n) is 15.3. The quantitative estimate of drug-likeness (QED) is 0.582. The number of aromatic nitrogens is 4. The van der Waals surface area contributed by atoms with E-state index >= 15 is 0 Å². The van der Waals surface area contributed by atoms with Crippen molar-refractivity contribution in [3.63, 3.8) is 0 Å². The van der Waals surface area contributed by atoms with Crippen LogP contribution >= 0.6 is 0 Å². The lowest BCUT2D eigenvalue weighted by Gasteiger charge is -2.15. The van der Waals surface area contributed by atoms with E-state index in [2.05, 4.69) is 15.5 Å². The Morgan fingerprint density at radius 1 is 1.04 bits per heavy atom. The molecule has 28 heavy (non-hydrogen) atoms. The van der Waals surface area contributed by atoms with Crippen LogP contribution in [-0.4, -0.2) is 31.5 Å². The van der Waals surface area contributed by atoms with Crippen LogP contribution in [0.15, 0.2) is 77.9 Å². The van der Waals surface area contributed by atoms with Gasteiger partial charge in [0, 0.05) is 23.8 Å². The summed E-state index contributed by atoms with van der Waals surface area (Å²) in [5, 5.41) is 12.5. The summed E-state index contributed by atoms with van der Waals surface area (Å²) in [5.41, 5.74) is 0.561. The Kier molecular flexibility index (Phi) is 4.72. The van der Waals surface area contributed by atoms with E-state index in [1.54, 1.807) is 47.3 Å². The van der Waals surface area contributed by atoms with Crippen LogP contribution in [0.5, 0.6) is 0 Å². The summed E-state index contributed by atoms with van der Waals surface area (Å²) >= 11 is 0. The lowest BCUT2D eigenvalue weighted by Crippen LogP contribution is -2.37. The molecule has 1 N–H and O–H groups in total. The number of carbonyl (C=O) groups excluding carboxylic acids is 1. The SMILES string of the molecule is CC(Cn1cccn1)NC(=O)c1nn(-c2ccccc2)c(=O)c2ccccc12. The van der Waals surface area contributed by atoms with Crippen molar-refractivity contribution >= 4 is 16.7 Å². The van der Waals surface area contributed by atoms with Gasteiger partial charge in [0.1, 0.15) is 0 Å². The van der Waals surface area contributed by atoms with E-state index in [1.807, 2.05) is 37.4 Å². The number of hydrogen-bond donors (Lipinski definition) is 1. The molecule has 0 aliphatic heterocycles. The lowest BCUT2D eigenvalue weighted by atomic mass is 10.1. The van der Waals surface area contributed by atoms with Crippen molar-refractivity contribution in [2.45, 2.75) is 19.5 Å². The fourth-order valence-corrected chi connectivity index (χ4v) is 3.13. The largest absolute Gasteiger partial charge is 0.346 e. The van der Waals surface area contributed by atoms with E-state index in [4.69, 9.17) is 0 Å². The molecule has 0 bridgehead atoms. The van der Waals surface area contributed by atoms with Crippen molar-refractivity contribution in [3.8, 4) is 5.69 Å². The van der Waals surface area contributed by atoms with Gasteiger partial charge in [0.2, 0.25) is 0 Å². The molecule has 0 fully saturated rings. The smallest absolute Gasteiger partial charge is 0.279 e. The van der Waals surface area contributed by atoms with Crippen molar-refractivity contribution in [1.82, 2.24) is 24.9 Å². The monoisotopic (exact) mass is 373 g/mol. The molecule has 7 heteroatoms. The van der Waals surface area contributed by atoms with E-state index in [9.17, 15) is 9.59 Å². The number of fused-ring (bicyclic) bond motifs is 1. The molecule has 0 saturated carbocycles. The minimum atomic E-state index is -0.333. The van der Waals surface area contributed by atoms with Gasteiger partial charge in [-0.1, -0.05) is 36.4 Å². The van der Waals surface area contributed by atoms with Gasteiger partial charge in [-0.05, 0) is 31.2 Å². The van der Waals surface area contributed by atoms with Crippen LogP contribution in [0.3, 0.4) is 0 Å². The molecule has 1 unspecified atom stereocenters. The maximum atomic E-state index is 13.0. The fourth-order valence-electron chi connectivity index (χ4n) is 3.13. The van der Waals surface area contributed by atoms with Gasteiger partial charge in [0.25, 0.3) is 11.5 Å². The van der Waals surface area contributed by atoms with Gasteiger partial charge in [0.15, 0.2) is 5.69 Å². The van der Waals surface area contributed by atoms with E-state index in [0.29, 0.717) is 23.0 Å². The third-order valence-electron chi connectivity index (χ3n) is 4.42. The molecule has 0 aliphatic carbocycles. The van der Waals surface area contributed by atoms with Crippen LogP contribution < -0.4 is 10.9 Å². The first-order chi connectivity index (χ1) is 13.6. The highest BCUT2D eigenvalue weighted by molar-refractivity contribution is 6.04. The van der Waals surface area contributed by atoms with Crippen LogP contribution in [0.1, 0.15) is 17.4 Å². The van der Waals surface area contributed by atoms with Crippen LogP contribution in [0.25, 0.3) is 16.5 Å². The maximum Gasteiger partial charge on any atom is 0.279 e. The highest BCUT2D eigenvalue weighted by Crippen LogP contribution is 2.15. The molecule has 140 valence electrons. The first-order valence-electron chi connectivity index (χ1n) is 8.99. The number of amides is 1. The zero-order chi connectivity index (χ0) is 19.5. The summed E-state index contributed by atoms with van der Waals surface area (Å²) in [4.78, 5) is 25.9. The highest BCUT2D eigenvalue weighted by atomic mass is 16.2. The molecule has 0 saturated heterocycles. The molecule has 0 aliphatic rings. The molecule has 0 spiro atoms. The number of carbonyl (C=O) groups is 1. The lowest BCUT2D eigenvalue weighted by molar-refractivity contribution is 0.0931. The average molecular weight is 373 g/mol. The highest BCUT2D eigenvalue weighted by Gasteiger charge is 2.19. The van der Waals surface area contributed by atoms with Gasteiger partial charge in [-0.2, -0.15) is 14.9 Å². The maximum absolute atomic E-state index is 13.0. The molecule has 7 nitrogen and oxygen atoms in total. The predicted octanol–water partition coefficient (Wildman–Crippen LogP) is 2.40. The Hall–Kier alpha value is -3.74. The first kappa shape index (κ1) is 17.7. The minimum absolute atomic E-state index is 0.162. The van der Waals surface area contributed by atoms with Gasteiger partial charge in [-0.25, -0.2) is 0 Å². The Morgan fingerprint density at radius 2 is 1.75 bits per heavy atom. The third-order valence-corrected chi connectivity index (χ3v) is 4.42. The molecule has 4 aromatic rings. The molecular weight excluding hydrogens is 354 g/mol. The van der Waals surface area contributed by atoms with Crippen molar-refractivity contribution in [1.29, 1.82) is 0 Å². The van der Waals surface area contributed by atoms with Crippen LogP contribution in [0.4, 0.5) is 0 Å². The van der Waals surface area contributed by atoms with Crippen molar-refractivity contribution in [2.75, 3.05) is 0 Å². The van der Waals surface area contributed by atoms with E-state index < -0.39 is 0 Å². The Morgan fingerprint density at radius 3 is 2.46 bits per heavy atom. The van der Waals surface area contributed by atoms with E-state index in [1.165, 1.54) is 4.68 Å². The molecule has 0 radical (unpaired) electrons. The van der Waals surface area contributed by atoms with Crippen LogP contribution in [-0.2, 0) is 6.54 Å². The van der Waals surface area contributed by atoms with E-state index in [0.717, 1.165) is 0 Å². The third kappa shape index (κ3) is 3.42. The first-order valence-corrected chi connectivity index (χ1v) is 8.99. The van der Waals surface area contributed by atoms with E-state index in [-0.39, 0.29) is 23.2 Å². The molecule has 4 rings (SSSR count).